The van der Waals surface area contributed by atoms with Gasteiger partial charge in [-0.15, -0.1) is 0 Å². The Labute approximate surface area is 219 Å². The molecular formula is C33H49FO2. The number of ether oxygens (including phenoxy) is 1. The Morgan fingerprint density at radius 1 is 0.944 bits per heavy atom. The van der Waals surface area contributed by atoms with Gasteiger partial charge in [-0.25, -0.2) is 4.39 Å². The maximum absolute atomic E-state index is 14.4. The second kappa shape index (κ2) is 13.8. The number of halogens is 1. The van der Waals surface area contributed by atoms with Crippen molar-refractivity contribution in [2.75, 3.05) is 0 Å². The average molecular weight is 497 g/mol. The molecule has 3 aliphatic carbocycles. The SMILES string of the molecule is C/C=C/CCc1ccc(OC(=O)C2CCC(C3CCC4CC(CCCCC)CCC4C3)CC2)cc1F. The van der Waals surface area contributed by atoms with Crippen LogP contribution in [0.5, 0.6) is 5.75 Å². The summed E-state index contributed by atoms with van der Waals surface area (Å²) in [6.45, 7) is 4.28. The summed E-state index contributed by atoms with van der Waals surface area (Å²) in [5.74, 6) is 4.46. The second-order valence-corrected chi connectivity index (χ2v) is 12.2. The van der Waals surface area contributed by atoms with Crippen LogP contribution in [0.2, 0.25) is 0 Å². The van der Waals surface area contributed by atoms with Crippen molar-refractivity contribution in [2.24, 2.45) is 35.5 Å². The maximum Gasteiger partial charge on any atom is 0.314 e. The summed E-state index contributed by atoms with van der Waals surface area (Å²) in [6, 6.07) is 4.88. The van der Waals surface area contributed by atoms with Crippen LogP contribution in [0.1, 0.15) is 116 Å². The zero-order chi connectivity index (χ0) is 25.3. The summed E-state index contributed by atoms with van der Waals surface area (Å²) in [6.07, 6.45) is 24.0. The van der Waals surface area contributed by atoms with Gasteiger partial charge in [0.2, 0.25) is 0 Å². The van der Waals surface area contributed by atoms with Gasteiger partial charge in [-0.05, 0) is 119 Å². The van der Waals surface area contributed by atoms with Gasteiger partial charge in [-0.2, -0.15) is 0 Å². The highest BCUT2D eigenvalue weighted by molar-refractivity contribution is 5.75. The molecule has 3 saturated carbocycles. The highest BCUT2D eigenvalue weighted by Gasteiger charge is 2.39. The Bertz CT molecular complexity index is 853. The van der Waals surface area contributed by atoms with Crippen molar-refractivity contribution in [3.05, 3.63) is 41.7 Å². The summed E-state index contributed by atoms with van der Waals surface area (Å²) in [4.78, 5) is 12.8. The first kappa shape index (κ1) is 27.4. The first-order valence-electron chi connectivity index (χ1n) is 15.2. The number of allylic oxidation sites excluding steroid dienone is 2. The van der Waals surface area contributed by atoms with E-state index in [1.807, 2.05) is 19.1 Å². The molecule has 3 heteroatoms. The van der Waals surface area contributed by atoms with Crippen LogP contribution in [0.15, 0.2) is 30.4 Å². The molecule has 4 atom stereocenters. The van der Waals surface area contributed by atoms with Crippen molar-refractivity contribution in [2.45, 2.75) is 117 Å². The van der Waals surface area contributed by atoms with Crippen molar-refractivity contribution in [1.29, 1.82) is 0 Å². The van der Waals surface area contributed by atoms with E-state index in [9.17, 15) is 9.18 Å². The fraction of sp³-hybridized carbons (Fsp3) is 0.727. The predicted molar refractivity (Wildman–Crippen MR) is 146 cm³/mol. The zero-order valence-electron chi connectivity index (χ0n) is 22.9. The normalized spacial score (nSPS) is 30.8. The number of unbranched alkanes of at least 4 members (excludes halogenated alkanes) is 2. The number of aryl methyl sites for hydroxylation is 1. The second-order valence-electron chi connectivity index (χ2n) is 12.2. The lowest BCUT2D eigenvalue weighted by Crippen LogP contribution is -2.35. The van der Waals surface area contributed by atoms with Crippen molar-refractivity contribution >= 4 is 5.97 Å². The smallest absolute Gasteiger partial charge is 0.314 e. The number of carbonyl (C=O) groups excluding carboxylic acids is 1. The largest absolute Gasteiger partial charge is 0.426 e. The van der Waals surface area contributed by atoms with E-state index in [1.165, 1.54) is 70.3 Å². The minimum atomic E-state index is -0.279. The van der Waals surface area contributed by atoms with E-state index in [4.69, 9.17) is 4.74 Å². The molecule has 1 aromatic rings. The van der Waals surface area contributed by atoms with E-state index in [0.29, 0.717) is 17.7 Å². The predicted octanol–water partition coefficient (Wildman–Crippen LogP) is 9.46. The topological polar surface area (TPSA) is 26.3 Å². The van der Waals surface area contributed by atoms with Gasteiger partial charge >= 0.3 is 5.97 Å². The van der Waals surface area contributed by atoms with Crippen molar-refractivity contribution in [3.8, 4) is 5.75 Å². The van der Waals surface area contributed by atoms with Crippen molar-refractivity contribution in [1.82, 2.24) is 0 Å². The Morgan fingerprint density at radius 2 is 1.64 bits per heavy atom. The van der Waals surface area contributed by atoms with Crippen molar-refractivity contribution < 1.29 is 13.9 Å². The lowest BCUT2D eigenvalue weighted by molar-refractivity contribution is -0.140. The molecule has 4 rings (SSSR count). The van der Waals surface area contributed by atoms with Gasteiger partial charge in [-0.1, -0.05) is 57.2 Å². The van der Waals surface area contributed by atoms with Gasteiger partial charge in [0.25, 0.3) is 0 Å². The van der Waals surface area contributed by atoms with Crippen LogP contribution in [-0.2, 0) is 11.2 Å². The third-order valence-electron chi connectivity index (χ3n) is 9.81. The third kappa shape index (κ3) is 7.45. The molecule has 2 nitrogen and oxygen atoms in total. The molecule has 0 aromatic heterocycles. The molecule has 0 N–H and O–H groups in total. The Hall–Kier alpha value is -1.64. The number of carbonyl (C=O) groups is 1. The van der Waals surface area contributed by atoms with E-state index in [0.717, 1.165) is 61.7 Å². The summed E-state index contributed by atoms with van der Waals surface area (Å²) in [7, 11) is 0. The van der Waals surface area contributed by atoms with Gasteiger partial charge in [0.1, 0.15) is 11.6 Å². The van der Waals surface area contributed by atoms with Crippen LogP contribution in [0.3, 0.4) is 0 Å². The number of hydrogen-bond donors (Lipinski definition) is 0. The summed E-state index contributed by atoms with van der Waals surface area (Å²) < 4.78 is 20.0. The Kier molecular flexibility index (Phi) is 10.5. The van der Waals surface area contributed by atoms with Gasteiger partial charge in [0, 0.05) is 6.07 Å². The van der Waals surface area contributed by atoms with Gasteiger partial charge < -0.3 is 4.74 Å². The third-order valence-corrected chi connectivity index (χ3v) is 9.81. The minimum Gasteiger partial charge on any atom is -0.426 e. The van der Waals surface area contributed by atoms with E-state index in [-0.39, 0.29) is 17.7 Å². The highest BCUT2D eigenvalue weighted by atomic mass is 19.1. The fourth-order valence-electron chi connectivity index (χ4n) is 7.62. The Morgan fingerprint density at radius 3 is 2.36 bits per heavy atom. The van der Waals surface area contributed by atoms with Crippen LogP contribution < -0.4 is 4.74 Å². The summed E-state index contributed by atoms with van der Waals surface area (Å²) >= 11 is 0. The minimum absolute atomic E-state index is 0.0337. The summed E-state index contributed by atoms with van der Waals surface area (Å²) in [5.41, 5.74) is 0.674. The van der Waals surface area contributed by atoms with Crippen LogP contribution in [0, 0.1) is 41.3 Å². The molecule has 0 bridgehead atoms. The molecule has 1 aromatic carbocycles. The lowest BCUT2D eigenvalue weighted by Gasteiger charge is -2.45. The molecule has 0 amide bonds. The standard InChI is InChI=1S/C33H49FO2/c1-3-5-7-9-24-11-12-30-22-29(18-17-28(30)21-24)25-13-15-27(16-14-25)33(35)36-31-20-19-26(32(34)23-31)10-8-6-4-2/h4,6,19-20,23-25,27-30H,3,5,7-18,21-22H2,1-2H3/b6-4+. The molecule has 0 aliphatic heterocycles. The van der Waals surface area contributed by atoms with Crippen molar-refractivity contribution in [3.63, 3.8) is 0 Å². The molecule has 200 valence electrons. The van der Waals surface area contributed by atoms with Crippen LogP contribution in [0.25, 0.3) is 0 Å². The maximum atomic E-state index is 14.4. The molecule has 0 saturated heterocycles. The fourth-order valence-corrected chi connectivity index (χ4v) is 7.62. The zero-order valence-corrected chi connectivity index (χ0v) is 22.9. The van der Waals surface area contributed by atoms with Gasteiger partial charge in [0.05, 0.1) is 5.92 Å². The quantitative estimate of drug-likeness (QED) is 0.139. The Balaban J connectivity index is 1.19. The van der Waals surface area contributed by atoms with E-state index < -0.39 is 0 Å². The first-order chi connectivity index (χ1) is 17.6. The van der Waals surface area contributed by atoms with Gasteiger partial charge in [0.15, 0.2) is 0 Å². The average Bonchev–Trinajstić information content (AvgIpc) is 2.90. The number of esters is 1. The summed E-state index contributed by atoms with van der Waals surface area (Å²) in [5, 5.41) is 0. The molecule has 36 heavy (non-hydrogen) atoms. The number of fused-ring (bicyclic) bond motifs is 1. The van der Waals surface area contributed by atoms with E-state index >= 15 is 0 Å². The molecule has 0 spiro atoms. The van der Waals surface area contributed by atoms with E-state index in [1.54, 1.807) is 12.1 Å². The first-order valence-corrected chi connectivity index (χ1v) is 15.2. The monoisotopic (exact) mass is 496 g/mol. The molecule has 3 fully saturated rings. The molecule has 0 radical (unpaired) electrons. The van der Waals surface area contributed by atoms with Crippen LogP contribution in [0.4, 0.5) is 4.39 Å². The van der Waals surface area contributed by atoms with Gasteiger partial charge in [-0.3, -0.25) is 4.79 Å². The number of hydrogen-bond acceptors (Lipinski definition) is 2. The lowest BCUT2D eigenvalue weighted by atomic mass is 9.60. The molecule has 0 heterocycles. The molecule has 4 unspecified atom stereocenters. The molecular weight excluding hydrogens is 447 g/mol. The highest BCUT2D eigenvalue weighted by Crippen LogP contribution is 2.49. The molecule has 3 aliphatic rings. The van der Waals surface area contributed by atoms with Crippen LogP contribution >= 0.6 is 0 Å². The van der Waals surface area contributed by atoms with Crippen LogP contribution in [-0.4, -0.2) is 5.97 Å². The van der Waals surface area contributed by atoms with E-state index in [2.05, 4.69) is 6.92 Å². The number of benzene rings is 1. The number of rotatable bonds is 10.